The van der Waals surface area contributed by atoms with Gasteiger partial charge in [0.25, 0.3) is 0 Å². The fourth-order valence-electron chi connectivity index (χ4n) is 1.85. The van der Waals surface area contributed by atoms with Crippen molar-refractivity contribution in [2.75, 3.05) is 39.1 Å². The van der Waals surface area contributed by atoms with E-state index in [0.29, 0.717) is 0 Å². The molecule has 0 fully saturated rings. The summed E-state index contributed by atoms with van der Waals surface area (Å²) < 4.78 is 0. The van der Waals surface area contributed by atoms with Crippen LogP contribution in [0.4, 0.5) is 5.69 Å². The molecule has 0 spiro atoms. The van der Waals surface area contributed by atoms with Crippen LogP contribution in [0.1, 0.15) is 17.5 Å². The number of aryl methyl sites for hydroxylation is 1. The Morgan fingerprint density at radius 1 is 1.12 bits per heavy atom. The van der Waals surface area contributed by atoms with Crippen LogP contribution in [-0.2, 0) is 6.61 Å². The summed E-state index contributed by atoms with van der Waals surface area (Å²) in [6.07, 6.45) is 1.16. The maximum Gasteiger partial charge on any atom is 0.0684 e. The first-order valence-corrected chi connectivity index (χ1v) is 6.11. The molecular weight excluding hydrogens is 212 g/mol. The Morgan fingerprint density at radius 2 is 1.82 bits per heavy atom. The summed E-state index contributed by atoms with van der Waals surface area (Å²) >= 11 is 0. The SMILES string of the molecule is Cc1cc(N(C)CCCN(C)C)ccc1CO. The molecule has 0 atom stereocenters. The first-order valence-electron chi connectivity index (χ1n) is 6.11. The molecular formula is C14H24N2O. The van der Waals surface area contributed by atoms with E-state index in [9.17, 15) is 0 Å². The van der Waals surface area contributed by atoms with Gasteiger partial charge in [-0.3, -0.25) is 0 Å². The summed E-state index contributed by atoms with van der Waals surface area (Å²) in [6, 6.07) is 6.22. The minimum Gasteiger partial charge on any atom is -0.392 e. The van der Waals surface area contributed by atoms with Gasteiger partial charge in [-0.2, -0.15) is 0 Å². The molecule has 1 N–H and O–H groups in total. The largest absolute Gasteiger partial charge is 0.392 e. The number of rotatable bonds is 6. The van der Waals surface area contributed by atoms with Crippen molar-refractivity contribution in [3.8, 4) is 0 Å². The van der Waals surface area contributed by atoms with Crippen molar-refractivity contribution < 1.29 is 5.11 Å². The zero-order valence-electron chi connectivity index (χ0n) is 11.4. The maximum absolute atomic E-state index is 9.13. The third kappa shape index (κ3) is 4.36. The molecule has 0 amide bonds. The summed E-state index contributed by atoms with van der Waals surface area (Å²) in [6.45, 7) is 4.33. The minimum atomic E-state index is 0.121. The lowest BCUT2D eigenvalue weighted by Gasteiger charge is -2.21. The fourth-order valence-corrected chi connectivity index (χ4v) is 1.85. The number of aliphatic hydroxyl groups excluding tert-OH is 1. The highest BCUT2D eigenvalue weighted by molar-refractivity contribution is 5.50. The number of benzene rings is 1. The summed E-state index contributed by atoms with van der Waals surface area (Å²) in [5.74, 6) is 0. The number of hydrogen-bond acceptors (Lipinski definition) is 3. The van der Waals surface area contributed by atoms with Crippen LogP contribution < -0.4 is 4.90 Å². The standard InChI is InChI=1S/C14H24N2O/c1-12-10-14(7-6-13(12)11-17)16(4)9-5-8-15(2)3/h6-7,10,17H,5,8-9,11H2,1-4H3. The third-order valence-electron chi connectivity index (χ3n) is 3.04. The molecule has 0 heterocycles. The average Bonchev–Trinajstić information content (AvgIpc) is 2.28. The van der Waals surface area contributed by atoms with Gasteiger partial charge in [-0.15, -0.1) is 0 Å². The Kier molecular flexibility index (Phi) is 5.45. The molecule has 0 aliphatic heterocycles. The zero-order chi connectivity index (χ0) is 12.8. The van der Waals surface area contributed by atoms with Crippen LogP contribution in [0, 0.1) is 6.92 Å². The van der Waals surface area contributed by atoms with E-state index in [-0.39, 0.29) is 6.61 Å². The summed E-state index contributed by atoms with van der Waals surface area (Å²) in [7, 11) is 6.31. The van der Waals surface area contributed by atoms with E-state index < -0.39 is 0 Å². The van der Waals surface area contributed by atoms with E-state index in [4.69, 9.17) is 5.11 Å². The highest BCUT2D eigenvalue weighted by Gasteiger charge is 2.03. The van der Waals surface area contributed by atoms with E-state index in [0.717, 1.165) is 30.6 Å². The van der Waals surface area contributed by atoms with Gasteiger partial charge in [-0.05, 0) is 57.2 Å². The molecule has 0 aliphatic rings. The predicted octanol–water partition coefficient (Wildman–Crippen LogP) is 1.88. The monoisotopic (exact) mass is 236 g/mol. The molecule has 1 rings (SSSR count). The smallest absolute Gasteiger partial charge is 0.0684 e. The first kappa shape index (κ1) is 14.0. The Balaban J connectivity index is 2.57. The molecule has 0 saturated heterocycles. The van der Waals surface area contributed by atoms with Crippen LogP contribution >= 0.6 is 0 Å². The second kappa shape index (κ2) is 6.62. The summed E-state index contributed by atoms with van der Waals surface area (Å²) in [5, 5.41) is 9.13. The van der Waals surface area contributed by atoms with Crippen molar-refractivity contribution in [3.05, 3.63) is 29.3 Å². The van der Waals surface area contributed by atoms with Crippen molar-refractivity contribution in [2.45, 2.75) is 20.0 Å². The quantitative estimate of drug-likeness (QED) is 0.817. The van der Waals surface area contributed by atoms with Gasteiger partial charge >= 0.3 is 0 Å². The molecule has 0 saturated carbocycles. The summed E-state index contributed by atoms with van der Waals surface area (Å²) in [5.41, 5.74) is 3.39. The minimum absolute atomic E-state index is 0.121. The van der Waals surface area contributed by atoms with Crippen molar-refractivity contribution in [1.82, 2.24) is 4.90 Å². The van der Waals surface area contributed by atoms with Gasteiger partial charge in [0, 0.05) is 19.3 Å². The molecule has 1 aromatic rings. The van der Waals surface area contributed by atoms with Crippen LogP contribution in [0.2, 0.25) is 0 Å². The topological polar surface area (TPSA) is 26.7 Å². The van der Waals surface area contributed by atoms with Gasteiger partial charge in [0.1, 0.15) is 0 Å². The van der Waals surface area contributed by atoms with Gasteiger partial charge in [0.2, 0.25) is 0 Å². The van der Waals surface area contributed by atoms with Crippen LogP contribution in [0.3, 0.4) is 0 Å². The lowest BCUT2D eigenvalue weighted by molar-refractivity contribution is 0.281. The third-order valence-corrected chi connectivity index (χ3v) is 3.04. The second-order valence-corrected chi connectivity index (χ2v) is 4.85. The normalized spacial score (nSPS) is 10.9. The van der Waals surface area contributed by atoms with Gasteiger partial charge < -0.3 is 14.9 Å². The van der Waals surface area contributed by atoms with Crippen molar-refractivity contribution in [2.24, 2.45) is 0 Å². The molecule has 3 nitrogen and oxygen atoms in total. The molecule has 17 heavy (non-hydrogen) atoms. The van der Waals surface area contributed by atoms with E-state index in [1.54, 1.807) is 0 Å². The number of nitrogens with zero attached hydrogens (tertiary/aromatic N) is 2. The van der Waals surface area contributed by atoms with Gasteiger partial charge in [-0.25, -0.2) is 0 Å². The van der Waals surface area contributed by atoms with Crippen LogP contribution in [0.25, 0.3) is 0 Å². The van der Waals surface area contributed by atoms with Crippen molar-refractivity contribution >= 4 is 5.69 Å². The Labute approximate surface area is 105 Å². The molecule has 0 radical (unpaired) electrons. The van der Waals surface area contributed by atoms with Crippen molar-refractivity contribution in [3.63, 3.8) is 0 Å². The molecule has 1 aromatic carbocycles. The molecule has 0 bridgehead atoms. The van der Waals surface area contributed by atoms with E-state index in [1.165, 1.54) is 5.69 Å². The molecule has 96 valence electrons. The zero-order valence-corrected chi connectivity index (χ0v) is 11.4. The Morgan fingerprint density at radius 3 is 2.35 bits per heavy atom. The van der Waals surface area contributed by atoms with Crippen LogP contribution in [-0.4, -0.2) is 44.2 Å². The van der Waals surface area contributed by atoms with E-state index in [2.05, 4.69) is 43.1 Å². The molecule has 0 aromatic heterocycles. The van der Waals surface area contributed by atoms with Crippen LogP contribution in [0.5, 0.6) is 0 Å². The number of hydrogen-bond donors (Lipinski definition) is 1. The predicted molar refractivity (Wildman–Crippen MR) is 73.5 cm³/mol. The van der Waals surface area contributed by atoms with E-state index >= 15 is 0 Å². The maximum atomic E-state index is 9.13. The van der Waals surface area contributed by atoms with Gasteiger partial charge in [0.15, 0.2) is 0 Å². The molecule has 3 heteroatoms. The van der Waals surface area contributed by atoms with Crippen LogP contribution in [0.15, 0.2) is 18.2 Å². The highest BCUT2D eigenvalue weighted by atomic mass is 16.3. The molecule has 0 aliphatic carbocycles. The van der Waals surface area contributed by atoms with Crippen molar-refractivity contribution in [1.29, 1.82) is 0 Å². The number of anilines is 1. The lowest BCUT2D eigenvalue weighted by Crippen LogP contribution is -2.23. The molecule has 0 unspecified atom stereocenters. The Bertz CT molecular complexity index is 350. The lowest BCUT2D eigenvalue weighted by atomic mass is 10.1. The van der Waals surface area contributed by atoms with E-state index in [1.807, 2.05) is 13.0 Å². The summed E-state index contributed by atoms with van der Waals surface area (Å²) in [4.78, 5) is 4.46. The van der Waals surface area contributed by atoms with Gasteiger partial charge in [-0.1, -0.05) is 6.07 Å². The number of aliphatic hydroxyl groups is 1. The second-order valence-electron chi connectivity index (χ2n) is 4.85. The Hall–Kier alpha value is -1.06. The van der Waals surface area contributed by atoms with Gasteiger partial charge in [0.05, 0.1) is 6.61 Å². The fraction of sp³-hybridized carbons (Fsp3) is 0.571. The average molecular weight is 236 g/mol. The first-order chi connectivity index (χ1) is 8.04. The highest BCUT2D eigenvalue weighted by Crippen LogP contribution is 2.18.